The molecule has 2 aromatic rings. The second-order valence-corrected chi connectivity index (χ2v) is 6.20. The Morgan fingerprint density at radius 1 is 1.33 bits per heavy atom. The third-order valence-electron chi connectivity index (χ3n) is 2.78. The van der Waals surface area contributed by atoms with Crippen LogP contribution in [0.5, 0.6) is 0 Å². The highest BCUT2D eigenvalue weighted by Gasteiger charge is 2.19. The molecule has 0 radical (unpaired) electrons. The van der Waals surface area contributed by atoms with E-state index in [0.717, 1.165) is 16.0 Å². The average molecular weight is 323 g/mol. The van der Waals surface area contributed by atoms with Gasteiger partial charge < -0.3 is 10.5 Å². The fourth-order valence-electron chi connectivity index (χ4n) is 1.81. The number of esters is 1. The van der Waals surface area contributed by atoms with Gasteiger partial charge in [-0.15, -0.1) is 11.3 Å². The Balaban J connectivity index is 2.34. The third kappa shape index (κ3) is 3.77. The van der Waals surface area contributed by atoms with Gasteiger partial charge in [0.1, 0.15) is 6.42 Å². The number of nitrogens with two attached hydrogens (primary N) is 1. The summed E-state index contributed by atoms with van der Waals surface area (Å²) in [4.78, 5) is 35.5. The van der Waals surface area contributed by atoms with E-state index in [1.807, 2.05) is 16.8 Å². The number of ether oxygens (including phenoxy) is 1. The van der Waals surface area contributed by atoms with Crippen LogP contribution in [-0.4, -0.2) is 24.8 Å². The Labute approximate surface area is 129 Å². The highest BCUT2D eigenvalue weighted by atomic mass is 32.1. The van der Waals surface area contributed by atoms with Crippen LogP contribution in [0.15, 0.2) is 22.9 Å². The molecule has 2 N–H and O–H groups in total. The van der Waals surface area contributed by atoms with Gasteiger partial charge in [0.25, 0.3) is 0 Å². The summed E-state index contributed by atoms with van der Waals surface area (Å²) in [5.41, 5.74) is 6.99. The van der Waals surface area contributed by atoms with Crippen molar-refractivity contribution in [2.24, 2.45) is 5.73 Å². The minimum atomic E-state index is -0.582. The molecule has 0 aliphatic rings. The molecule has 2 heterocycles. The molecule has 0 aliphatic heterocycles. The predicted molar refractivity (Wildman–Crippen MR) is 81.5 cm³/mol. The first-order valence-corrected chi connectivity index (χ1v) is 7.80. The van der Waals surface area contributed by atoms with Crippen LogP contribution in [0.2, 0.25) is 0 Å². The summed E-state index contributed by atoms with van der Waals surface area (Å²) >= 11 is 2.72. The molecule has 0 spiro atoms. The molecular weight excluding hydrogens is 310 g/mol. The van der Waals surface area contributed by atoms with Gasteiger partial charge in [0, 0.05) is 4.88 Å². The largest absolute Gasteiger partial charge is 0.469 e. The fraction of sp³-hybridized carbons (Fsp3) is 0.214. The van der Waals surface area contributed by atoms with Crippen LogP contribution in [0.4, 0.5) is 0 Å². The van der Waals surface area contributed by atoms with Crippen molar-refractivity contribution in [3.05, 3.63) is 32.6 Å². The maximum absolute atomic E-state index is 12.0. The first-order chi connectivity index (χ1) is 10.0. The van der Waals surface area contributed by atoms with Gasteiger partial charge >= 0.3 is 5.97 Å². The standard InChI is InChI=1S/C14H13NO4S2/c1-19-14(18)5-10(16)12-4-9(8-2-3-20-7-8)11(21-12)6-13(15)17/h2-4,7H,5-6H2,1H3,(H2,15,17). The van der Waals surface area contributed by atoms with Gasteiger partial charge in [0.2, 0.25) is 5.91 Å². The van der Waals surface area contributed by atoms with Crippen LogP contribution in [0.1, 0.15) is 21.0 Å². The number of rotatable bonds is 6. The van der Waals surface area contributed by atoms with Crippen LogP contribution in [0.3, 0.4) is 0 Å². The minimum absolute atomic E-state index is 0.0708. The van der Waals surface area contributed by atoms with Crippen molar-refractivity contribution in [3.8, 4) is 11.1 Å². The Bertz CT molecular complexity index is 673. The van der Waals surface area contributed by atoms with Crippen molar-refractivity contribution in [1.29, 1.82) is 0 Å². The van der Waals surface area contributed by atoms with Gasteiger partial charge in [-0.25, -0.2) is 0 Å². The SMILES string of the molecule is COC(=O)CC(=O)c1cc(-c2ccsc2)c(CC(N)=O)s1. The second-order valence-electron chi connectivity index (χ2n) is 4.28. The number of amides is 1. The number of Topliss-reactive ketones (excluding diaryl/α,β-unsaturated/α-hetero) is 1. The van der Waals surface area contributed by atoms with E-state index in [1.54, 1.807) is 6.07 Å². The quantitative estimate of drug-likeness (QED) is 0.502. The number of hydrogen-bond acceptors (Lipinski definition) is 6. The van der Waals surface area contributed by atoms with Gasteiger partial charge in [0.05, 0.1) is 18.4 Å². The number of hydrogen-bond donors (Lipinski definition) is 1. The molecule has 0 aromatic carbocycles. The molecule has 0 atom stereocenters. The predicted octanol–water partition coefficient (Wildman–Crippen LogP) is 2.25. The van der Waals surface area contributed by atoms with Crippen LogP contribution in [-0.2, 0) is 20.7 Å². The first-order valence-electron chi connectivity index (χ1n) is 6.05. The fourth-order valence-corrected chi connectivity index (χ4v) is 3.59. The molecule has 0 fully saturated rings. The lowest BCUT2D eigenvalue weighted by Crippen LogP contribution is -2.13. The molecule has 1 amide bonds. The molecule has 2 aromatic heterocycles. The molecule has 0 bridgehead atoms. The summed E-state index contributed by atoms with van der Waals surface area (Å²) in [5.74, 6) is -1.36. The molecule has 5 nitrogen and oxygen atoms in total. The molecule has 2 rings (SSSR count). The van der Waals surface area contributed by atoms with Crippen molar-refractivity contribution in [3.63, 3.8) is 0 Å². The van der Waals surface area contributed by atoms with E-state index in [0.29, 0.717) is 4.88 Å². The van der Waals surface area contributed by atoms with Gasteiger partial charge in [-0.3, -0.25) is 14.4 Å². The maximum Gasteiger partial charge on any atom is 0.313 e. The third-order valence-corrected chi connectivity index (χ3v) is 4.64. The van der Waals surface area contributed by atoms with E-state index in [2.05, 4.69) is 4.74 Å². The lowest BCUT2D eigenvalue weighted by Gasteiger charge is -1.98. The summed E-state index contributed by atoms with van der Waals surface area (Å²) in [6.45, 7) is 0. The van der Waals surface area contributed by atoms with Crippen LogP contribution < -0.4 is 5.73 Å². The van der Waals surface area contributed by atoms with Gasteiger partial charge in [-0.2, -0.15) is 11.3 Å². The lowest BCUT2D eigenvalue weighted by molar-refractivity contribution is -0.139. The Kier molecular flexibility index (Phi) is 4.87. The molecule has 7 heteroatoms. The summed E-state index contributed by atoms with van der Waals surface area (Å²) in [6, 6.07) is 3.61. The van der Waals surface area contributed by atoms with E-state index in [9.17, 15) is 14.4 Å². The topological polar surface area (TPSA) is 86.5 Å². The lowest BCUT2D eigenvalue weighted by atomic mass is 10.1. The minimum Gasteiger partial charge on any atom is -0.469 e. The molecule has 0 saturated carbocycles. The summed E-state index contributed by atoms with van der Waals surface area (Å²) in [6.07, 6.45) is -0.239. The van der Waals surface area contributed by atoms with E-state index in [-0.39, 0.29) is 18.6 Å². The average Bonchev–Trinajstić information content (AvgIpc) is 3.06. The molecule has 0 unspecified atom stereocenters. The summed E-state index contributed by atoms with van der Waals surface area (Å²) in [7, 11) is 1.24. The highest BCUT2D eigenvalue weighted by Crippen LogP contribution is 2.34. The highest BCUT2D eigenvalue weighted by molar-refractivity contribution is 7.14. The van der Waals surface area contributed by atoms with Gasteiger partial charge in [-0.05, 0) is 34.0 Å². The number of methoxy groups -OCH3 is 1. The monoisotopic (exact) mass is 323 g/mol. The van der Waals surface area contributed by atoms with Crippen molar-refractivity contribution in [2.75, 3.05) is 7.11 Å². The van der Waals surface area contributed by atoms with Crippen molar-refractivity contribution in [1.82, 2.24) is 0 Å². The Morgan fingerprint density at radius 3 is 2.67 bits per heavy atom. The zero-order valence-corrected chi connectivity index (χ0v) is 12.9. The van der Waals surface area contributed by atoms with Gasteiger partial charge in [-0.1, -0.05) is 0 Å². The summed E-state index contributed by atoms with van der Waals surface area (Å²) < 4.78 is 4.49. The zero-order valence-electron chi connectivity index (χ0n) is 11.3. The number of carbonyl (C=O) groups excluding carboxylic acids is 3. The van der Waals surface area contributed by atoms with E-state index < -0.39 is 11.9 Å². The first kappa shape index (κ1) is 15.4. The molecular formula is C14H13NO4S2. The van der Waals surface area contributed by atoms with Crippen molar-refractivity contribution in [2.45, 2.75) is 12.8 Å². The Hall–Kier alpha value is -1.99. The smallest absolute Gasteiger partial charge is 0.313 e. The number of carbonyl (C=O) groups is 3. The van der Waals surface area contributed by atoms with E-state index in [1.165, 1.54) is 29.8 Å². The van der Waals surface area contributed by atoms with Crippen molar-refractivity contribution < 1.29 is 19.1 Å². The number of ketones is 1. The Morgan fingerprint density at radius 2 is 2.10 bits per heavy atom. The molecule has 0 aliphatic carbocycles. The number of primary amides is 1. The second kappa shape index (κ2) is 6.64. The van der Waals surface area contributed by atoms with Gasteiger partial charge in [0.15, 0.2) is 5.78 Å². The number of thiophene rings is 2. The zero-order chi connectivity index (χ0) is 15.4. The molecule has 21 heavy (non-hydrogen) atoms. The van der Waals surface area contributed by atoms with Crippen LogP contribution in [0, 0.1) is 0 Å². The van der Waals surface area contributed by atoms with E-state index >= 15 is 0 Å². The summed E-state index contributed by atoms with van der Waals surface area (Å²) in [5, 5.41) is 3.85. The van der Waals surface area contributed by atoms with Crippen LogP contribution in [0.25, 0.3) is 11.1 Å². The maximum atomic E-state index is 12.0. The normalized spacial score (nSPS) is 10.3. The molecule has 110 valence electrons. The van der Waals surface area contributed by atoms with Crippen LogP contribution >= 0.6 is 22.7 Å². The van der Waals surface area contributed by atoms with E-state index in [4.69, 9.17) is 5.73 Å². The van der Waals surface area contributed by atoms with Crippen molar-refractivity contribution >= 4 is 40.3 Å². The molecule has 0 saturated heterocycles.